The van der Waals surface area contributed by atoms with Gasteiger partial charge in [-0.05, 0) is 43.5 Å². The second-order valence-corrected chi connectivity index (χ2v) is 9.75. The zero-order valence-corrected chi connectivity index (χ0v) is 19.8. The van der Waals surface area contributed by atoms with Crippen LogP contribution in [0.1, 0.15) is 25.7 Å². The van der Waals surface area contributed by atoms with Crippen molar-refractivity contribution in [1.82, 2.24) is 15.1 Å². The van der Waals surface area contributed by atoms with Gasteiger partial charge in [-0.1, -0.05) is 11.3 Å². The minimum atomic E-state index is -0.0212. The van der Waals surface area contributed by atoms with Crippen LogP contribution in [0, 0.1) is 5.92 Å². The molecule has 3 aliphatic rings. The second kappa shape index (κ2) is 9.54. The van der Waals surface area contributed by atoms with Gasteiger partial charge in [0.1, 0.15) is 5.75 Å². The molecule has 0 N–H and O–H groups in total. The fraction of sp³-hybridized carbons (Fsp3) is 0.565. The molecular formula is C23H30N6O3S. The number of hydrogen-bond acceptors (Lipinski definition) is 8. The van der Waals surface area contributed by atoms with Gasteiger partial charge in [0.05, 0.1) is 13.0 Å². The number of aromatic nitrogens is 2. The molecule has 2 aromatic rings. The van der Waals surface area contributed by atoms with E-state index in [1.807, 2.05) is 17.0 Å². The van der Waals surface area contributed by atoms with Gasteiger partial charge in [0.15, 0.2) is 0 Å². The molecule has 0 spiro atoms. The Morgan fingerprint density at radius 1 is 0.970 bits per heavy atom. The molecular weight excluding hydrogens is 440 g/mol. The Hall–Kier alpha value is -2.88. The minimum Gasteiger partial charge on any atom is -0.497 e. The zero-order chi connectivity index (χ0) is 22.8. The van der Waals surface area contributed by atoms with E-state index >= 15 is 0 Å². The van der Waals surface area contributed by atoms with Crippen LogP contribution in [0.4, 0.5) is 16.0 Å². The molecule has 176 valence electrons. The van der Waals surface area contributed by atoms with Crippen LogP contribution in [0.15, 0.2) is 24.3 Å². The number of carbonyl (C=O) groups excluding carboxylic acids is 2. The predicted molar refractivity (Wildman–Crippen MR) is 128 cm³/mol. The van der Waals surface area contributed by atoms with Crippen molar-refractivity contribution in [3.63, 3.8) is 0 Å². The third-order valence-corrected chi connectivity index (χ3v) is 7.79. The zero-order valence-electron chi connectivity index (χ0n) is 19.0. The Morgan fingerprint density at radius 2 is 1.73 bits per heavy atom. The number of hydrogen-bond donors (Lipinski definition) is 0. The molecule has 1 unspecified atom stereocenters. The summed E-state index contributed by atoms with van der Waals surface area (Å²) in [6.45, 7) is 5.40. The number of methoxy groups -OCH3 is 1. The second-order valence-electron chi connectivity index (χ2n) is 8.81. The Morgan fingerprint density at radius 3 is 2.42 bits per heavy atom. The number of anilines is 3. The quantitative estimate of drug-likeness (QED) is 0.663. The van der Waals surface area contributed by atoms with Gasteiger partial charge >= 0.3 is 0 Å². The average molecular weight is 471 g/mol. The van der Waals surface area contributed by atoms with E-state index in [-0.39, 0.29) is 17.7 Å². The highest BCUT2D eigenvalue weighted by molar-refractivity contribution is 7.19. The first-order valence-electron chi connectivity index (χ1n) is 11.7. The number of nitrogens with zero attached hydrogens (tertiary/aromatic N) is 6. The SMILES string of the molecule is COc1ccc(N2CCN(C(=O)C3CCCN(c4nnc(N5CCCC5=O)s4)C3)CC2)cc1. The first-order chi connectivity index (χ1) is 16.1. The van der Waals surface area contributed by atoms with Gasteiger partial charge in [-0.15, -0.1) is 10.2 Å². The van der Waals surface area contributed by atoms with Crippen LogP contribution in [0.5, 0.6) is 5.75 Å². The fourth-order valence-electron chi connectivity index (χ4n) is 4.88. The van der Waals surface area contributed by atoms with Crippen molar-refractivity contribution < 1.29 is 14.3 Å². The molecule has 3 fully saturated rings. The molecule has 3 aliphatic heterocycles. The highest BCUT2D eigenvalue weighted by Crippen LogP contribution is 2.32. The van der Waals surface area contributed by atoms with Crippen molar-refractivity contribution in [2.24, 2.45) is 5.92 Å². The van der Waals surface area contributed by atoms with Crippen LogP contribution >= 0.6 is 11.3 Å². The highest BCUT2D eigenvalue weighted by atomic mass is 32.1. The van der Waals surface area contributed by atoms with Crippen molar-refractivity contribution in [3.8, 4) is 5.75 Å². The Bertz CT molecular complexity index is 988. The molecule has 1 aromatic heterocycles. The van der Waals surface area contributed by atoms with Crippen molar-refractivity contribution in [2.45, 2.75) is 25.7 Å². The van der Waals surface area contributed by atoms with Gasteiger partial charge < -0.3 is 19.4 Å². The van der Waals surface area contributed by atoms with E-state index in [4.69, 9.17) is 4.74 Å². The summed E-state index contributed by atoms with van der Waals surface area (Å²) < 4.78 is 5.24. The van der Waals surface area contributed by atoms with Gasteiger partial charge in [0.2, 0.25) is 22.1 Å². The van der Waals surface area contributed by atoms with E-state index in [9.17, 15) is 9.59 Å². The summed E-state index contributed by atoms with van der Waals surface area (Å²) in [5.41, 5.74) is 1.16. The number of piperidine rings is 1. The maximum Gasteiger partial charge on any atom is 0.228 e. The topological polar surface area (TPSA) is 82.1 Å². The van der Waals surface area contributed by atoms with E-state index in [0.717, 1.165) is 75.1 Å². The van der Waals surface area contributed by atoms with Gasteiger partial charge in [-0.3, -0.25) is 14.5 Å². The maximum absolute atomic E-state index is 13.3. The summed E-state index contributed by atoms with van der Waals surface area (Å²) in [6, 6.07) is 8.09. The molecule has 0 saturated carbocycles. The number of rotatable bonds is 5. The number of piperazine rings is 1. The summed E-state index contributed by atoms with van der Waals surface area (Å²) in [4.78, 5) is 33.5. The smallest absolute Gasteiger partial charge is 0.228 e. The van der Waals surface area contributed by atoms with Gasteiger partial charge in [-0.2, -0.15) is 0 Å². The first-order valence-corrected chi connectivity index (χ1v) is 12.5. The molecule has 33 heavy (non-hydrogen) atoms. The highest BCUT2D eigenvalue weighted by Gasteiger charge is 2.33. The monoisotopic (exact) mass is 470 g/mol. The van der Waals surface area contributed by atoms with Gasteiger partial charge in [0, 0.05) is 57.9 Å². The van der Waals surface area contributed by atoms with Crippen LogP contribution in [-0.2, 0) is 9.59 Å². The van der Waals surface area contributed by atoms with Crippen LogP contribution < -0.4 is 19.4 Å². The van der Waals surface area contributed by atoms with E-state index in [2.05, 4.69) is 32.1 Å². The average Bonchev–Trinajstić information content (AvgIpc) is 3.53. The summed E-state index contributed by atoms with van der Waals surface area (Å²) in [6.07, 6.45) is 3.32. The summed E-state index contributed by atoms with van der Waals surface area (Å²) >= 11 is 1.46. The van der Waals surface area contributed by atoms with E-state index < -0.39 is 0 Å². The fourth-order valence-corrected chi connectivity index (χ4v) is 5.81. The summed E-state index contributed by atoms with van der Waals surface area (Å²) in [5.74, 6) is 1.20. The van der Waals surface area contributed by atoms with Crippen LogP contribution in [0.3, 0.4) is 0 Å². The molecule has 5 rings (SSSR count). The van der Waals surface area contributed by atoms with Crippen molar-refractivity contribution in [1.29, 1.82) is 0 Å². The molecule has 4 heterocycles. The molecule has 9 nitrogen and oxygen atoms in total. The normalized spacial score (nSPS) is 21.6. The summed E-state index contributed by atoms with van der Waals surface area (Å²) in [5, 5.41) is 10.1. The van der Waals surface area contributed by atoms with Crippen molar-refractivity contribution in [3.05, 3.63) is 24.3 Å². The van der Waals surface area contributed by atoms with Crippen molar-refractivity contribution >= 4 is 39.1 Å². The molecule has 0 aliphatic carbocycles. The molecule has 1 aromatic carbocycles. The number of benzene rings is 1. The van der Waals surface area contributed by atoms with E-state index in [1.165, 1.54) is 11.3 Å². The van der Waals surface area contributed by atoms with Crippen LogP contribution in [-0.4, -0.2) is 79.8 Å². The lowest BCUT2D eigenvalue weighted by molar-refractivity contribution is -0.136. The maximum atomic E-state index is 13.3. The van der Waals surface area contributed by atoms with Crippen molar-refractivity contribution in [2.75, 3.05) is 67.6 Å². The molecule has 3 saturated heterocycles. The number of amides is 2. The molecule has 2 amide bonds. The van der Waals surface area contributed by atoms with Gasteiger partial charge in [-0.25, -0.2) is 0 Å². The minimum absolute atomic E-state index is 0.0212. The lowest BCUT2D eigenvalue weighted by Gasteiger charge is -2.39. The van der Waals surface area contributed by atoms with Gasteiger partial charge in [0.25, 0.3) is 0 Å². The summed E-state index contributed by atoms with van der Waals surface area (Å²) in [7, 11) is 1.67. The largest absolute Gasteiger partial charge is 0.497 e. The molecule has 1 atom stereocenters. The Balaban J connectivity index is 1.17. The van der Waals surface area contributed by atoms with E-state index in [0.29, 0.717) is 18.1 Å². The lowest BCUT2D eigenvalue weighted by Crippen LogP contribution is -2.52. The van der Waals surface area contributed by atoms with Crippen LogP contribution in [0.25, 0.3) is 0 Å². The first kappa shape index (κ1) is 21.9. The predicted octanol–water partition coefficient (Wildman–Crippen LogP) is 2.24. The molecule has 0 bridgehead atoms. The van der Waals surface area contributed by atoms with E-state index in [1.54, 1.807) is 12.0 Å². The third-order valence-electron chi connectivity index (χ3n) is 6.78. The standard InChI is InChI=1S/C23H30N6O3S/c1-32-19-8-6-18(7-9-19)26-12-14-27(15-13-26)21(31)17-4-2-10-28(16-17)22-24-25-23(33-22)29-11-3-5-20(29)30/h6-9,17H,2-5,10-16H2,1H3. The number of carbonyl (C=O) groups is 2. The number of ether oxygens (including phenoxy) is 1. The van der Waals surface area contributed by atoms with Crippen LogP contribution in [0.2, 0.25) is 0 Å². The third kappa shape index (κ3) is 4.62. The Labute approximate surface area is 197 Å². The Kier molecular flexibility index (Phi) is 6.34. The molecule has 10 heteroatoms. The molecule has 0 radical (unpaired) electrons. The lowest BCUT2D eigenvalue weighted by atomic mass is 9.96.